The van der Waals surface area contributed by atoms with Crippen molar-refractivity contribution in [2.45, 2.75) is 26.3 Å². The number of hydrogen-bond donors (Lipinski definition) is 1. The van der Waals surface area contributed by atoms with Gasteiger partial charge in [0.05, 0.1) is 11.9 Å². The summed E-state index contributed by atoms with van der Waals surface area (Å²) in [5.41, 5.74) is 0.794. The van der Waals surface area contributed by atoms with Gasteiger partial charge in [-0.05, 0) is 6.42 Å². The second kappa shape index (κ2) is 4.79. The number of rotatable bonds is 5. The lowest BCUT2D eigenvalue weighted by atomic mass is 10.4. The average molecular weight is 189 g/mol. The number of alkyl halides is 2. The molecule has 1 heterocycles. The van der Waals surface area contributed by atoms with Crippen LogP contribution in [0.5, 0.6) is 0 Å². The maximum absolute atomic E-state index is 11.9. The molecule has 1 N–H and O–H groups in total. The highest BCUT2D eigenvalue weighted by molar-refractivity contribution is 5.37. The minimum atomic E-state index is -2.35. The smallest absolute Gasteiger partial charge is 0.257 e. The highest BCUT2D eigenvalue weighted by atomic mass is 19.3. The standard InChI is InChI=1S/C8H13F2N3/c1-2-3-11-7-4-12-13(5-7)6-8(9)10/h4-5,8,11H,2-3,6H2,1H3. The molecule has 0 aliphatic carbocycles. The normalized spacial score (nSPS) is 10.8. The van der Waals surface area contributed by atoms with Crippen molar-refractivity contribution in [3.8, 4) is 0 Å². The summed E-state index contributed by atoms with van der Waals surface area (Å²) >= 11 is 0. The van der Waals surface area contributed by atoms with Crippen molar-refractivity contribution < 1.29 is 8.78 Å². The van der Waals surface area contributed by atoms with Crippen molar-refractivity contribution in [1.82, 2.24) is 9.78 Å². The van der Waals surface area contributed by atoms with E-state index in [1.807, 2.05) is 6.92 Å². The molecule has 0 saturated carbocycles. The molecule has 0 aromatic carbocycles. The van der Waals surface area contributed by atoms with E-state index >= 15 is 0 Å². The van der Waals surface area contributed by atoms with Crippen LogP contribution in [0.3, 0.4) is 0 Å². The molecule has 0 bridgehead atoms. The number of nitrogens with zero attached hydrogens (tertiary/aromatic N) is 2. The number of hydrogen-bond acceptors (Lipinski definition) is 2. The lowest BCUT2D eigenvalue weighted by Crippen LogP contribution is -2.06. The molecule has 0 radical (unpaired) electrons. The molecular formula is C8H13F2N3. The molecule has 13 heavy (non-hydrogen) atoms. The monoisotopic (exact) mass is 189 g/mol. The second-order valence-electron chi connectivity index (χ2n) is 2.77. The first kappa shape index (κ1) is 9.95. The van der Waals surface area contributed by atoms with Crippen LogP contribution in [-0.2, 0) is 6.54 Å². The first-order valence-corrected chi connectivity index (χ1v) is 4.27. The molecule has 0 amide bonds. The zero-order valence-corrected chi connectivity index (χ0v) is 7.50. The Labute approximate surface area is 75.7 Å². The predicted molar refractivity (Wildman–Crippen MR) is 47.0 cm³/mol. The van der Waals surface area contributed by atoms with E-state index in [4.69, 9.17) is 0 Å². The Morgan fingerprint density at radius 1 is 1.62 bits per heavy atom. The van der Waals surface area contributed by atoms with Crippen molar-refractivity contribution in [2.24, 2.45) is 0 Å². The van der Waals surface area contributed by atoms with Crippen molar-refractivity contribution >= 4 is 5.69 Å². The predicted octanol–water partition coefficient (Wildman–Crippen LogP) is 1.97. The topological polar surface area (TPSA) is 29.9 Å². The largest absolute Gasteiger partial charge is 0.383 e. The Balaban J connectivity index is 2.44. The van der Waals surface area contributed by atoms with Crippen molar-refractivity contribution in [2.75, 3.05) is 11.9 Å². The molecule has 0 spiro atoms. The van der Waals surface area contributed by atoms with Crippen molar-refractivity contribution in [1.29, 1.82) is 0 Å². The van der Waals surface area contributed by atoms with Gasteiger partial charge in [0.1, 0.15) is 6.54 Å². The maximum Gasteiger partial charge on any atom is 0.257 e. The molecule has 0 unspecified atom stereocenters. The van der Waals surface area contributed by atoms with Crippen LogP contribution in [-0.4, -0.2) is 22.8 Å². The van der Waals surface area contributed by atoms with Gasteiger partial charge in [-0.1, -0.05) is 6.92 Å². The second-order valence-corrected chi connectivity index (χ2v) is 2.77. The summed E-state index contributed by atoms with van der Waals surface area (Å²) in [6.07, 6.45) is 1.79. The van der Waals surface area contributed by atoms with Crippen molar-refractivity contribution in [3.05, 3.63) is 12.4 Å². The van der Waals surface area contributed by atoms with Gasteiger partial charge in [0, 0.05) is 12.7 Å². The third-order valence-corrected chi connectivity index (χ3v) is 1.54. The molecule has 3 nitrogen and oxygen atoms in total. The molecule has 0 aliphatic rings. The van der Waals surface area contributed by atoms with E-state index in [0.717, 1.165) is 18.7 Å². The first-order chi connectivity index (χ1) is 6.22. The van der Waals surface area contributed by atoms with Crippen LogP contribution in [0.2, 0.25) is 0 Å². The highest BCUT2D eigenvalue weighted by Crippen LogP contribution is 2.06. The van der Waals surface area contributed by atoms with Gasteiger partial charge < -0.3 is 5.32 Å². The van der Waals surface area contributed by atoms with Gasteiger partial charge in [-0.2, -0.15) is 5.10 Å². The number of nitrogens with one attached hydrogen (secondary N) is 1. The summed E-state index contributed by atoms with van der Waals surface area (Å²) in [6, 6.07) is 0. The molecule has 0 atom stereocenters. The zero-order valence-electron chi connectivity index (χ0n) is 7.50. The van der Waals surface area contributed by atoms with Gasteiger partial charge in [-0.25, -0.2) is 8.78 Å². The third-order valence-electron chi connectivity index (χ3n) is 1.54. The Morgan fingerprint density at radius 2 is 2.38 bits per heavy atom. The molecule has 1 aromatic rings. The number of aromatic nitrogens is 2. The van der Waals surface area contributed by atoms with E-state index in [1.165, 1.54) is 4.68 Å². The molecule has 1 rings (SSSR count). The van der Waals surface area contributed by atoms with E-state index in [2.05, 4.69) is 10.4 Å². The molecule has 0 fully saturated rings. The van der Waals surface area contributed by atoms with Crippen LogP contribution in [0.25, 0.3) is 0 Å². The molecule has 0 aliphatic heterocycles. The zero-order chi connectivity index (χ0) is 9.68. The number of anilines is 1. The molecule has 5 heteroatoms. The van der Waals surface area contributed by atoms with Gasteiger partial charge >= 0.3 is 0 Å². The fraction of sp³-hybridized carbons (Fsp3) is 0.625. The van der Waals surface area contributed by atoms with Gasteiger partial charge in [0.15, 0.2) is 0 Å². The summed E-state index contributed by atoms with van der Waals surface area (Å²) in [5, 5.41) is 6.84. The van der Waals surface area contributed by atoms with Gasteiger partial charge in [0.2, 0.25) is 0 Å². The van der Waals surface area contributed by atoms with Gasteiger partial charge in [-0.15, -0.1) is 0 Å². The Bertz CT molecular complexity index is 247. The van der Waals surface area contributed by atoms with Gasteiger partial charge in [-0.3, -0.25) is 4.68 Å². The Morgan fingerprint density at radius 3 is 3.00 bits per heavy atom. The SMILES string of the molecule is CCCNc1cnn(CC(F)F)c1. The summed E-state index contributed by atoms with van der Waals surface area (Å²) in [5.74, 6) is 0. The van der Waals surface area contributed by atoms with Crippen LogP contribution >= 0.6 is 0 Å². The fourth-order valence-electron chi connectivity index (χ4n) is 0.965. The Kier molecular flexibility index (Phi) is 3.67. The van der Waals surface area contributed by atoms with Crippen LogP contribution in [0, 0.1) is 0 Å². The van der Waals surface area contributed by atoms with Crippen LogP contribution < -0.4 is 5.32 Å². The van der Waals surface area contributed by atoms with E-state index in [0.29, 0.717) is 0 Å². The third kappa shape index (κ3) is 3.40. The minimum absolute atomic E-state index is 0.339. The first-order valence-electron chi connectivity index (χ1n) is 4.27. The van der Waals surface area contributed by atoms with Crippen LogP contribution in [0.15, 0.2) is 12.4 Å². The lowest BCUT2D eigenvalue weighted by molar-refractivity contribution is 0.122. The summed E-state index contributed by atoms with van der Waals surface area (Å²) in [6.45, 7) is 2.53. The van der Waals surface area contributed by atoms with Gasteiger partial charge in [0.25, 0.3) is 6.43 Å². The lowest BCUT2D eigenvalue weighted by Gasteiger charge is -1.99. The quantitative estimate of drug-likeness (QED) is 0.767. The van der Waals surface area contributed by atoms with Crippen LogP contribution in [0.4, 0.5) is 14.5 Å². The molecule has 1 aromatic heterocycles. The van der Waals surface area contributed by atoms with Crippen LogP contribution in [0.1, 0.15) is 13.3 Å². The van der Waals surface area contributed by atoms with Crippen molar-refractivity contribution in [3.63, 3.8) is 0 Å². The summed E-state index contributed by atoms with van der Waals surface area (Å²) in [7, 11) is 0. The molecule has 0 saturated heterocycles. The Hall–Kier alpha value is -1.13. The van der Waals surface area contributed by atoms with E-state index in [-0.39, 0.29) is 6.54 Å². The fourth-order valence-corrected chi connectivity index (χ4v) is 0.965. The number of halogens is 2. The summed E-state index contributed by atoms with van der Waals surface area (Å²) in [4.78, 5) is 0. The minimum Gasteiger partial charge on any atom is -0.383 e. The highest BCUT2D eigenvalue weighted by Gasteiger charge is 2.04. The average Bonchev–Trinajstić information content (AvgIpc) is 2.48. The molecular weight excluding hydrogens is 176 g/mol. The van der Waals surface area contributed by atoms with E-state index in [9.17, 15) is 8.78 Å². The summed E-state index contributed by atoms with van der Waals surface area (Å²) < 4.78 is 25.0. The molecule has 74 valence electrons. The van der Waals surface area contributed by atoms with E-state index in [1.54, 1.807) is 12.4 Å². The van der Waals surface area contributed by atoms with E-state index < -0.39 is 6.43 Å². The maximum atomic E-state index is 11.9.